The Kier molecular flexibility index (Phi) is 4.62. The molecule has 1 fully saturated rings. The van der Waals surface area contributed by atoms with Crippen molar-refractivity contribution in [3.8, 4) is 0 Å². The summed E-state index contributed by atoms with van der Waals surface area (Å²) in [5.74, 6) is 0. The Morgan fingerprint density at radius 1 is 1.25 bits per heavy atom. The zero-order valence-electron chi connectivity index (χ0n) is 9.13. The topological polar surface area (TPSA) is 46.3 Å². The summed E-state index contributed by atoms with van der Waals surface area (Å²) in [6, 6.07) is 9.99. The molecule has 1 atom stereocenters. The third-order valence-electron chi connectivity index (χ3n) is 2.97. The van der Waals surface area contributed by atoms with Crippen LogP contribution in [0.4, 0.5) is 4.79 Å². The Bertz CT molecular complexity index is 342. The van der Waals surface area contributed by atoms with Crippen LogP contribution in [0.3, 0.4) is 0 Å². The number of nitrogens with two attached hydrogens (primary N) is 1. The molecule has 1 saturated heterocycles. The molecule has 2 amide bonds. The van der Waals surface area contributed by atoms with Gasteiger partial charge in [0.1, 0.15) is 0 Å². The van der Waals surface area contributed by atoms with Crippen molar-refractivity contribution in [3.05, 3.63) is 35.9 Å². The van der Waals surface area contributed by atoms with E-state index in [1.807, 2.05) is 18.2 Å². The van der Waals surface area contributed by atoms with Crippen LogP contribution in [0.2, 0.25) is 0 Å². The summed E-state index contributed by atoms with van der Waals surface area (Å²) in [7, 11) is 0. The quantitative estimate of drug-likeness (QED) is 0.806. The van der Waals surface area contributed by atoms with E-state index in [9.17, 15) is 4.79 Å². The summed E-state index contributed by atoms with van der Waals surface area (Å²) in [5.41, 5.74) is 6.57. The number of rotatable bonds is 1. The van der Waals surface area contributed by atoms with Crippen molar-refractivity contribution in [1.82, 2.24) is 4.90 Å². The molecule has 0 saturated carbocycles. The number of halogens is 1. The Balaban J connectivity index is 0.00000128. The van der Waals surface area contributed by atoms with Crippen molar-refractivity contribution >= 4 is 18.4 Å². The van der Waals surface area contributed by atoms with E-state index in [0.717, 1.165) is 19.4 Å². The predicted molar refractivity (Wildman–Crippen MR) is 66.6 cm³/mol. The van der Waals surface area contributed by atoms with Crippen molar-refractivity contribution in [2.75, 3.05) is 6.54 Å². The summed E-state index contributed by atoms with van der Waals surface area (Å²) in [6.07, 6.45) is 3.25. The highest BCUT2D eigenvalue weighted by atomic mass is 35.5. The first-order chi connectivity index (χ1) is 7.29. The molecular weight excluding hydrogens is 224 g/mol. The fraction of sp³-hybridized carbons (Fsp3) is 0.417. The summed E-state index contributed by atoms with van der Waals surface area (Å²) in [6.45, 7) is 0.787. The minimum absolute atomic E-state index is 0. The maximum atomic E-state index is 11.3. The van der Waals surface area contributed by atoms with E-state index in [2.05, 4.69) is 12.1 Å². The van der Waals surface area contributed by atoms with Crippen LogP contribution in [0.25, 0.3) is 0 Å². The largest absolute Gasteiger partial charge is 0.351 e. The van der Waals surface area contributed by atoms with Crippen molar-refractivity contribution in [3.63, 3.8) is 0 Å². The van der Waals surface area contributed by atoms with Crippen LogP contribution in [-0.4, -0.2) is 17.5 Å². The molecular formula is C12H17ClN2O. The number of amides is 2. The lowest BCUT2D eigenvalue weighted by Gasteiger charge is -2.34. The standard InChI is InChI=1S/C12H16N2O.ClH/c13-12(15)14-9-5-4-8-11(14)10-6-2-1-3-7-10;/h1-3,6-7,11H,4-5,8-9H2,(H2,13,15);1H. The highest BCUT2D eigenvalue weighted by Crippen LogP contribution is 2.30. The summed E-state index contributed by atoms with van der Waals surface area (Å²) in [5, 5.41) is 0. The number of nitrogens with zero attached hydrogens (tertiary/aromatic N) is 1. The number of primary amides is 1. The van der Waals surface area contributed by atoms with Gasteiger partial charge in [0.2, 0.25) is 0 Å². The molecule has 0 aromatic heterocycles. The minimum Gasteiger partial charge on any atom is -0.351 e. The molecule has 1 aromatic carbocycles. The van der Waals surface area contributed by atoms with Gasteiger partial charge in [0.05, 0.1) is 6.04 Å². The minimum atomic E-state index is -0.302. The fourth-order valence-electron chi connectivity index (χ4n) is 2.22. The maximum Gasteiger partial charge on any atom is 0.315 e. The van der Waals surface area contributed by atoms with E-state index >= 15 is 0 Å². The second kappa shape index (κ2) is 5.75. The Hall–Kier alpha value is -1.22. The summed E-state index contributed by atoms with van der Waals surface area (Å²) < 4.78 is 0. The van der Waals surface area contributed by atoms with E-state index in [0.29, 0.717) is 0 Å². The average molecular weight is 241 g/mol. The molecule has 16 heavy (non-hydrogen) atoms. The maximum absolute atomic E-state index is 11.3. The average Bonchev–Trinajstić information content (AvgIpc) is 2.30. The van der Waals surface area contributed by atoms with Crippen LogP contribution in [0.1, 0.15) is 30.9 Å². The number of urea groups is 1. The fourth-order valence-corrected chi connectivity index (χ4v) is 2.22. The molecule has 0 radical (unpaired) electrons. The van der Waals surface area contributed by atoms with Gasteiger partial charge in [-0.05, 0) is 24.8 Å². The number of carbonyl (C=O) groups is 1. The number of piperidine rings is 1. The first-order valence-electron chi connectivity index (χ1n) is 5.40. The third-order valence-corrected chi connectivity index (χ3v) is 2.97. The zero-order chi connectivity index (χ0) is 10.7. The van der Waals surface area contributed by atoms with Gasteiger partial charge in [-0.2, -0.15) is 0 Å². The molecule has 1 aliphatic heterocycles. The second-order valence-corrected chi connectivity index (χ2v) is 3.95. The van der Waals surface area contributed by atoms with Crippen molar-refractivity contribution in [2.24, 2.45) is 5.73 Å². The first kappa shape index (κ1) is 12.8. The smallest absolute Gasteiger partial charge is 0.315 e. The van der Waals surface area contributed by atoms with E-state index < -0.39 is 0 Å². The zero-order valence-corrected chi connectivity index (χ0v) is 9.95. The Labute approximate surface area is 102 Å². The lowest BCUT2D eigenvalue weighted by molar-refractivity contribution is 0.160. The van der Waals surface area contributed by atoms with Gasteiger partial charge >= 0.3 is 6.03 Å². The molecule has 4 heteroatoms. The van der Waals surface area contributed by atoms with Crippen LogP contribution in [-0.2, 0) is 0 Å². The molecule has 2 rings (SSSR count). The van der Waals surface area contributed by atoms with Gasteiger partial charge in [-0.25, -0.2) is 4.79 Å². The van der Waals surface area contributed by atoms with E-state index in [-0.39, 0.29) is 24.5 Å². The van der Waals surface area contributed by atoms with Crippen LogP contribution in [0.5, 0.6) is 0 Å². The second-order valence-electron chi connectivity index (χ2n) is 3.95. The molecule has 0 bridgehead atoms. The monoisotopic (exact) mass is 240 g/mol. The van der Waals surface area contributed by atoms with Crippen molar-refractivity contribution in [2.45, 2.75) is 25.3 Å². The predicted octanol–water partition coefficient (Wildman–Crippen LogP) is 2.71. The van der Waals surface area contributed by atoms with Crippen LogP contribution in [0, 0.1) is 0 Å². The highest BCUT2D eigenvalue weighted by Gasteiger charge is 2.25. The number of hydrogen-bond acceptors (Lipinski definition) is 1. The highest BCUT2D eigenvalue weighted by molar-refractivity contribution is 5.85. The summed E-state index contributed by atoms with van der Waals surface area (Å²) in [4.78, 5) is 13.1. The molecule has 3 nitrogen and oxygen atoms in total. The number of hydrogen-bond donors (Lipinski definition) is 1. The molecule has 0 spiro atoms. The van der Waals surface area contributed by atoms with E-state index in [1.165, 1.54) is 12.0 Å². The van der Waals surface area contributed by atoms with Crippen LogP contribution in [0.15, 0.2) is 30.3 Å². The van der Waals surface area contributed by atoms with E-state index in [4.69, 9.17) is 5.73 Å². The van der Waals surface area contributed by atoms with Crippen molar-refractivity contribution in [1.29, 1.82) is 0 Å². The van der Waals surface area contributed by atoms with Gasteiger partial charge in [0.15, 0.2) is 0 Å². The molecule has 88 valence electrons. The molecule has 1 heterocycles. The molecule has 0 aliphatic carbocycles. The van der Waals surface area contributed by atoms with Gasteiger partial charge in [-0.3, -0.25) is 0 Å². The SMILES string of the molecule is Cl.NC(=O)N1CCCCC1c1ccccc1. The van der Waals surface area contributed by atoms with Gasteiger partial charge in [0, 0.05) is 6.54 Å². The lowest BCUT2D eigenvalue weighted by Crippen LogP contribution is -2.41. The molecule has 2 N–H and O–H groups in total. The summed E-state index contributed by atoms with van der Waals surface area (Å²) >= 11 is 0. The Morgan fingerprint density at radius 3 is 2.56 bits per heavy atom. The van der Waals surface area contributed by atoms with E-state index in [1.54, 1.807) is 4.90 Å². The van der Waals surface area contributed by atoms with Crippen LogP contribution < -0.4 is 5.73 Å². The normalized spacial score (nSPS) is 20.0. The van der Waals surface area contributed by atoms with Crippen molar-refractivity contribution < 1.29 is 4.79 Å². The van der Waals surface area contributed by atoms with Crippen LogP contribution >= 0.6 is 12.4 Å². The third kappa shape index (κ3) is 2.67. The molecule has 1 aliphatic rings. The van der Waals surface area contributed by atoms with Gasteiger partial charge < -0.3 is 10.6 Å². The molecule has 1 aromatic rings. The number of likely N-dealkylation sites (tertiary alicyclic amines) is 1. The number of benzene rings is 1. The number of carbonyl (C=O) groups excluding carboxylic acids is 1. The first-order valence-corrected chi connectivity index (χ1v) is 5.40. The lowest BCUT2D eigenvalue weighted by atomic mass is 9.96. The molecule has 1 unspecified atom stereocenters. The Morgan fingerprint density at radius 2 is 1.94 bits per heavy atom. The van der Waals surface area contributed by atoms with Gasteiger partial charge in [-0.1, -0.05) is 30.3 Å². The van der Waals surface area contributed by atoms with Gasteiger partial charge in [-0.15, -0.1) is 12.4 Å². The van der Waals surface area contributed by atoms with Gasteiger partial charge in [0.25, 0.3) is 0 Å².